The van der Waals surface area contributed by atoms with E-state index in [1.807, 2.05) is 39.3 Å². The van der Waals surface area contributed by atoms with Crippen molar-refractivity contribution < 1.29 is 45.9 Å². The number of aryl methyl sites for hydroxylation is 1. The van der Waals surface area contributed by atoms with Gasteiger partial charge in [-0.25, -0.2) is 0 Å². The Bertz CT molecular complexity index is 981. The second kappa shape index (κ2) is 15.9. The molecule has 0 aliphatic heterocycles. The molecule has 1 rings (SSSR count). The minimum atomic E-state index is -5.19. The van der Waals surface area contributed by atoms with Crippen LogP contribution in [0.15, 0.2) is 24.3 Å². The topological polar surface area (TPSA) is 118 Å². The maximum atomic E-state index is 13.3. The molecule has 0 aliphatic rings. The summed E-state index contributed by atoms with van der Waals surface area (Å²) in [4.78, 5) is 20.1. The first-order valence-electron chi connectivity index (χ1n) is 12.4. The van der Waals surface area contributed by atoms with Gasteiger partial charge < -0.3 is 19.5 Å². The van der Waals surface area contributed by atoms with Crippen LogP contribution in [0.2, 0.25) is 0 Å². The summed E-state index contributed by atoms with van der Waals surface area (Å²) >= 11 is 0. The highest BCUT2D eigenvalue weighted by atomic mass is 32.2. The number of carbonyl (C=O) groups excluding carboxylic acids is 1. The van der Waals surface area contributed by atoms with Gasteiger partial charge in [-0.15, -0.1) is 0 Å². The predicted octanol–water partition coefficient (Wildman–Crippen LogP) is 3.05. The Balaban J connectivity index is 0.00000171. The lowest BCUT2D eigenvalue weighted by Gasteiger charge is -2.35. The smallest absolute Gasteiger partial charge is 0.430 e. The van der Waals surface area contributed by atoms with Gasteiger partial charge in [0.05, 0.1) is 45.8 Å². The second-order valence-corrected chi connectivity index (χ2v) is 12.2. The predicted molar refractivity (Wildman–Crippen MR) is 139 cm³/mol. The molecule has 0 aliphatic carbocycles. The number of hydrogen-bond donors (Lipinski definition) is 1. The number of likely N-dealkylation sites (N-methyl/N-ethyl adjacent to an activating group) is 2. The number of carboxylic acids is 2. The number of benzene rings is 1. The zero-order chi connectivity index (χ0) is 29.7. The summed E-state index contributed by atoms with van der Waals surface area (Å²) in [6.45, 7) is 2.60. The summed E-state index contributed by atoms with van der Waals surface area (Å²) in [7, 11) is 4.89. The average Bonchev–Trinajstić information content (AvgIpc) is 2.78. The van der Waals surface area contributed by atoms with Gasteiger partial charge >= 0.3 is 22.4 Å². The number of aliphatic carboxylic acids is 2. The molecular formula is C25H42F3N3O6S. The van der Waals surface area contributed by atoms with E-state index in [0.29, 0.717) is 16.7 Å². The van der Waals surface area contributed by atoms with Crippen molar-refractivity contribution in [1.29, 1.82) is 0 Å². The van der Waals surface area contributed by atoms with Crippen LogP contribution in [0.4, 0.5) is 18.9 Å². The zero-order valence-corrected chi connectivity index (χ0v) is 23.9. The third-order valence-corrected chi connectivity index (χ3v) is 7.65. The molecule has 1 unspecified atom stereocenters. The molecule has 0 bridgehead atoms. The molecular weight excluding hydrogens is 527 g/mol. The zero-order valence-electron chi connectivity index (χ0n) is 23.1. The maximum Gasteiger partial charge on any atom is 0.430 e. The van der Waals surface area contributed by atoms with Gasteiger partial charge in [0.1, 0.15) is 5.97 Å². The quantitative estimate of drug-likeness (QED) is 0.256. The van der Waals surface area contributed by atoms with E-state index in [4.69, 9.17) is 9.90 Å². The van der Waals surface area contributed by atoms with Crippen molar-refractivity contribution in [2.45, 2.75) is 70.5 Å². The number of quaternary nitrogens is 1. The van der Waals surface area contributed by atoms with E-state index in [1.54, 1.807) is 6.07 Å². The highest BCUT2D eigenvalue weighted by Crippen LogP contribution is 2.23. The van der Waals surface area contributed by atoms with Crippen molar-refractivity contribution in [3.8, 4) is 0 Å². The van der Waals surface area contributed by atoms with Gasteiger partial charge in [0.25, 0.3) is 0 Å². The Labute approximate surface area is 224 Å². The number of carboxylic acid groups (broad SMARTS) is 2. The first-order chi connectivity index (χ1) is 17.3. The van der Waals surface area contributed by atoms with Crippen LogP contribution in [0.5, 0.6) is 0 Å². The van der Waals surface area contributed by atoms with E-state index >= 15 is 0 Å². The van der Waals surface area contributed by atoms with E-state index in [1.165, 1.54) is 54.8 Å². The Morgan fingerprint density at radius 3 is 2.05 bits per heavy atom. The lowest BCUT2D eigenvalue weighted by Crippen LogP contribution is -2.53. The Hall–Kier alpha value is -2.38. The molecule has 0 saturated carbocycles. The van der Waals surface area contributed by atoms with Crippen LogP contribution in [-0.2, 0) is 26.2 Å². The van der Waals surface area contributed by atoms with Crippen LogP contribution in [-0.4, -0.2) is 88.3 Å². The minimum absolute atomic E-state index is 0.239. The van der Waals surface area contributed by atoms with E-state index in [-0.39, 0.29) is 6.42 Å². The van der Waals surface area contributed by atoms with Crippen molar-refractivity contribution in [2.75, 3.05) is 46.1 Å². The highest BCUT2D eigenvalue weighted by Gasteiger charge is 2.35. The van der Waals surface area contributed by atoms with Crippen molar-refractivity contribution in [3.63, 3.8) is 0 Å². The monoisotopic (exact) mass is 569 g/mol. The molecule has 9 nitrogen and oxygen atoms in total. The van der Waals surface area contributed by atoms with Crippen LogP contribution < -0.4 is 9.41 Å². The third kappa shape index (κ3) is 14.0. The summed E-state index contributed by atoms with van der Waals surface area (Å²) in [6, 6.07) is 6.97. The number of hydrogen-bond acceptors (Lipinski definition) is 5. The van der Waals surface area contributed by atoms with E-state index in [9.17, 15) is 31.5 Å². The van der Waals surface area contributed by atoms with Gasteiger partial charge in [-0.1, -0.05) is 51.2 Å². The fourth-order valence-electron chi connectivity index (χ4n) is 3.67. The molecule has 1 aromatic carbocycles. The number of halogens is 3. The van der Waals surface area contributed by atoms with Crippen molar-refractivity contribution in [1.82, 2.24) is 4.31 Å². The Morgan fingerprint density at radius 1 is 1.05 bits per heavy atom. The fraction of sp³-hybridized carbons (Fsp3) is 0.680. The molecule has 0 radical (unpaired) electrons. The SMILES string of the molecule is CCCCCCCCc1cccc(N(C)S(=O)(=O)N(C)C(CC(=O)O)C[N+](C)(C)C)c1.O=C([O-])C(F)(F)F. The molecule has 0 amide bonds. The van der Waals surface area contributed by atoms with Crippen molar-refractivity contribution >= 4 is 27.8 Å². The molecule has 0 heterocycles. The normalized spacial score (nSPS) is 13.0. The molecule has 0 spiro atoms. The van der Waals surface area contributed by atoms with Gasteiger partial charge in [-0.2, -0.15) is 25.9 Å². The molecule has 220 valence electrons. The fourth-order valence-corrected chi connectivity index (χ4v) is 4.96. The maximum absolute atomic E-state index is 13.3. The van der Waals surface area contributed by atoms with Crippen LogP contribution in [0.3, 0.4) is 0 Å². The van der Waals surface area contributed by atoms with Gasteiger partial charge in [0, 0.05) is 14.1 Å². The van der Waals surface area contributed by atoms with E-state index in [2.05, 4.69) is 6.92 Å². The number of anilines is 1. The highest BCUT2D eigenvalue weighted by molar-refractivity contribution is 7.90. The third-order valence-electron chi connectivity index (χ3n) is 5.72. The summed E-state index contributed by atoms with van der Waals surface area (Å²) in [5, 5.41) is 18.1. The number of carbonyl (C=O) groups is 2. The number of unbranched alkanes of at least 4 members (excludes halogenated alkanes) is 5. The van der Waals surface area contributed by atoms with E-state index < -0.39 is 34.4 Å². The molecule has 13 heteroatoms. The average molecular weight is 570 g/mol. The van der Waals surface area contributed by atoms with Gasteiger partial charge in [0.15, 0.2) is 0 Å². The van der Waals surface area contributed by atoms with Gasteiger partial charge in [-0.05, 0) is 30.5 Å². The minimum Gasteiger partial charge on any atom is -0.542 e. The molecule has 1 atom stereocenters. The molecule has 1 N–H and O–H groups in total. The molecule has 1 aromatic rings. The van der Waals surface area contributed by atoms with Gasteiger partial charge in [-0.3, -0.25) is 9.10 Å². The van der Waals surface area contributed by atoms with Crippen LogP contribution in [0, 0.1) is 0 Å². The summed E-state index contributed by atoms with van der Waals surface area (Å²) < 4.78 is 61.0. The lowest BCUT2D eigenvalue weighted by molar-refractivity contribution is -0.872. The van der Waals surface area contributed by atoms with Gasteiger partial charge in [0.2, 0.25) is 0 Å². The standard InChI is InChI=1S/C23H41N3O4S.C2HF3O2/c1-7-8-9-10-11-12-14-20-15-13-16-21(17-20)24(2)31(29,30)25(3)22(18-23(27)28)19-26(4,5)6;3-2(4,5)1(6)7/h13,15-17,22H,7-12,14,18-19H2,1-6H3;(H,6,7). The van der Waals surface area contributed by atoms with Crippen molar-refractivity contribution in [2.24, 2.45) is 0 Å². The molecule has 0 saturated heterocycles. The second-order valence-electron chi connectivity index (χ2n) is 10.2. The van der Waals surface area contributed by atoms with Crippen LogP contribution >= 0.6 is 0 Å². The number of rotatable bonds is 15. The number of alkyl halides is 3. The van der Waals surface area contributed by atoms with Crippen LogP contribution in [0.25, 0.3) is 0 Å². The Kier molecular flexibility index (Phi) is 14.9. The molecule has 0 aromatic heterocycles. The largest absolute Gasteiger partial charge is 0.542 e. The van der Waals surface area contributed by atoms with E-state index in [0.717, 1.165) is 18.4 Å². The summed E-state index contributed by atoms with van der Waals surface area (Å²) in [6.07, 6.45) is 2.79. The molecule has 0 fully saturated rings. The Morgan fingerprint density at radius 2 is 1.58 bits per heavy atom. The first-order valence-corrected chi connectivity index (χ1v) is 13.8. The first kappa shape index (κ1) is 35.6. The van der Waals surface area contributed by atoms with Crippen molar-refractivity contribution in [3.05, 3.63) is 29.8 Å². The molecule has 38 heavy (non-hydrogen) atoms. The lowest BCUT2D eigenvalue weighted by atomic mass is 10.0. The summed E-state index contributed by atoms with van der Waals surface area (Å²) in [5.41, 5.74) is 1.71. The number of nitrogens with zero attached hydrogens (tertiary/aromatic N) is 3. The van der Waals surface area contributed by atoms with Crippen LogP contribution in [0.1, 0.15) is 57.4 Å². The summed E-state index contributed by atoms with van der Waals surface area (Å²) in [5.74, 6) is -4.02.